The molecule has 1 fully saturated rings. The van der Waals surface area contributed by atoms with Gasteiger partial charge in [0.25, 0.3) is 5.91 Å². The lowest BCUT2D eigenvalue weighted by molar-refractivity contribution is -0.115. The molecule has 4 rings (SSSR count). The summed E-state index contributed by atoms with van der Waals surface area (Å²) in [5.41, 5.74) is 2.40. The van der Waals surface area contributed by atoms with E-state index in [1.54, 1.807) is 0 Å². The number of amides is 1. The van der Waals surface area contributed by atoms with Crippen molar-refractivity contribution < 1.29 is 4.79 Å². The van der Waals surface area contributed by atoms with Crippen LogP contribution in [-0.2, 0) is 4.79 Å². The first-order valence-corrected chi connectivity index (χ1v) is 11.5. The molecule has 1 aliphatic heterocycles. The van der Waals surface area contributed by atoms with E-state index in [-0.39, 0.29) is 23.9 Å². The Morgan fingerprint density at radius 3 is 2.33 bits per heavy atom. The van der Waals surface area contributed by atoms with Crippen molar-refractivity contribution in [3.8, 4) is 0 Å². The molecule has 1 saturated carbocycles. The van der Waals surface area contributed by atoms with Crippen LogP contribution in [0, 0.1) is 5.92 Å². The minimum atomic E-state index is -0.128. The second kappa shape index (κ2) is 9.40. The molecule has 0 radical (unpaired) electrons. The minimum Gasteiger partial charge on any atom is -0.348 e. The molecule has 0 unspecified atom stereocenters. The highest BCUT2D eigenvalue weighted by atomic mass is 35.5. The van der Waals surface area contributed by atoms with Gasteiger partial charge in [0.1, 0.15) is 5.71 Å². The van der Waals surface area contributed by atoms with Gasteiger partial charge in [0.2, 0.25) is 0 Å². The molecule has 4 nitrogen and oxygen atoms in total. The number of rotatable bonds is 4. The Labute approximate surface area is 188 Å². The van der Waals surface area contributed by atoms with E-state index in [0.29, 0.717) is 15.8 Å². The number of halogens is 2. The lowest BCUT2D eigenvalue weighted by Crippen LogP contribution is -2.40. The molecular formula is C24H27Cl2N3O. The third-order valence-corrected chi connectivity index (χ3v) is 6.69. The summed E-state index contributed by atoms with van der Waals surface area (Å²) in [5, 5.41) is 11.2. The quantitative estimate of drug-likeness (QED) is 0.556. The number of carbonyl (C=O) groups is 1. The number of hydrogen-bond acceptors (Lipinski definition) is 3. The highest BCUT2D eigenvalue weighted by molar-refractivity contribution is 6.41. The molecule has 1 N–H and O–H groups in total. The summed E-state index contributed by atoms with van der Waals surface area (Å²) in [6.45, 7) is 2.06. The lowest BCUT2D eigenvalue weighted by Gasteiger charge is -2.27. The van der Waals surface area contributed by atoms with Crippen LogP contribution in [0.25, 0.3) is 0 Å². The van der Waals surface area contributed by atoms with E-state index in [1.165, 1.54) is 25.7 Å². The van der Waals surface area contributed by atoms with Gasteiger partial charge in [-0.3, -0.25) is 9.80 Å². The zero-order valence-corrected chi connectivity index (χ0v) is 18.7. The van der Waals surface area contributed by atoms with Gasteiger partial charge in [0.05, 0.1) is 16.8 Å². The summed E-state index contributed by atoms with van der Waals surface area (Å²) in [6.07, 6.45) is 6.94. The number of benzene rings is 2. The fraction of sp³-hybridized carbons (Fsp3) is 0.417. The van der Waals surface area contributed by atoms with Crippen LogP contribution in [0.2, 0.25) is 10.0 Å². The van der Waals surface area contributed by atoms with Crippen molar-refractivity contribution in [1.82, 2.24) is 5.32 Å². The average Bonchev–Trinajstić information content (AvgIpc) is 2.89. The van der Waals surface area contributed by atoms with Crippen molar-refractivity contribution in [3.05, 3.63) is 64.1 Å². The summed E-state index contributed by atoms with van der Waals surface area (Å²) < 4.78 is 0. The zero-order chi connectivity index (χ0) is 21.1. The monoisotopic (exact) mass is 443 g/mol. The largest absolute Gasteiger partial charge is 0.348 e. The molecule has 0 aromatic heterocycles. The van der Waals surface area contributed by atoms with Crippen LogP contribution < -0.4 is 10.3 Å². The molecule has 158 valence electrons. The molecule has 1 aliphatic carbocycles. The molecule has 0 bridgehead atoms. The third-order valence-electron chi connectivity index (χ3n) is 6.12. The van der Waals surface area contributed by atoms with Gasteiger partial charge in [0, 0.05) is 17.0 Å². The first-order valence-electron chi connectivity index (χ1n) is 10.7. The Bertz CT molecular complexity index is 920. The van der Waals surface area contributed by atoms with Crippen LogP contribution >= 0.6 is 23.2 Å². The number of carbonyl (C=O) groups excluding carboxylic acids is 1. The smallest absolute Gasteiger partial charge is 0.268 e. The molecule has 2 aliphatic rings. The Balaban J connectivity index is 1.65. The topological polar surface area (TPSA) is 44.7 Å². The van der Waals surface area contributed by atoms with E-state index in [4.69, 9.17) is 28.3 Å². The first kappa shape index (κ1) is 21.2. The number of hydrazone groups is 1. The maximum Gasteiger partial charge on any atom is 0.268 e. The molecular weight excluding hydrogens is 417 g/mol. The summed E-state index contributed by atoms with van der Waals surface area (Å²) in [5.74, 6) is -0.156. The van der Waals surface area contributed by atoms with Gasteiger partial charge >= 0.3 is 0 Å². The fourth-order valence-electron chi connectivity index (χ4n) is 4.50. The Hall–Kier alpha value is -2.04. The van der Waals surface area contributed by atoms with E-state index in [2.05, 4.69) is 12.2 Å². The first-order chi connectivity index (χ1) is 14.5. The molecule has 1 amide bonds. The van der Waals surface area contributed by atoms with Gasteiger partial charge in [-0.2, -0.15) is 5.10 Å². The van der Waals surface area contributed by atoms with Crippen molar-refractivity contribution in [2.45, 2.75) is 57.5 Å². The predicted octanol–water partition coefficient (Wildman–Crippen LogP) is 6.39. The summed E-state index contributed by atoms with van der Waals surface area (Å²) in [6, 6.07) is 15.5. The maximum absolute atomic E-state index is 13.2. The van der Waals surface area contributed by atoms with E-state index >= 15 is 0 Å². The van der Waals surface area contributed by atoms with Crippen LogP contribution in [0.4, 0.5) is 5.69 Å². The van der Waals surface area contributed by atoms with Gasteiger partial charge in [-0.1, -0.05) is 80.1 Å². The van der Waals surface area contributed by atoms with Crippen molar-refractivity contribution in [1.29, 1.82) is 0 Å². The molecule has 1 heterocycles. The van der Waals surface area contributed by atoms with Gasteiger partial charge in [-0.05, 0) is 42.7 Å². The third kappa shape index (κ3) is 4.50. The second-order valence-electron chi connectivity index (χ2n) is 8.23. The highest BCUT2D eigenvalue weighted by Gasteiger charge is 2.40. The number of anilines is 1. The molecule has 6 heteroatoms. The number of para-hydroxylation sites is 1. The van der Waals surface area contributed by atoms with Crippen LogP contribution in [0.15, 0.2) is 53.6 Å². The Morgan fingerprint density at radius 2 is 1.67 bits per heavy atom. The minimum absolute atomic E-state index is 0.0667. The molecule has 2 aromatic carbocycles. The van der Waals surface area contributed by atoms with Crippen LogP contribution in [0.5, 0.6) is 0 Å². The van der Waals surface area contributed by atoms with Gasteiger partial charge in [-0.15, -0.1) is 0 Å². The van der Waals surface area contributed by atoms with Crippen LogP contribution in [0.3, 0.4) is 0 Å². The normalized spacial score (nSPS) is 22.5. The van der Waals surface area contributed by atoms with Crippen LogP contribution in [0.1, 0.15) is 57.1 Å². The number of nitrogens with zero attached hydrogens (tertiary/aromatic N) is 2. The van der Waals surface area contributed by atoms with Crippen molar-refractivity contribution in [2.75, 3.05) is 5.01 Å². The SMILES string of the molecule is C[C@@H]1C(C(=O)NC2CCCCCC2)=NN(c2ccccc2Cl)[C@H]1c1ccc(Cl)cc1. The number of nitrogens with one attached hydrogen (secondary N) is 1. The molecule has 2 atom stereocenters. The second-order valence-corrected chi connectivity index (χ2v) is 9.07. The Morgan fingerprint density at radius 1 is 1.00 bits per heavy atom. The standard InChI is InChI=1S/C24H27Cl2N3O/c1-16-22(24(30)27-19-8-4-2-3-5-9-19)28-29(21-11-7-6-10-20(21)26)23(16)17-12-14-18(25)15-13-17/h6-7,10-16,19,23H,2-5,8-9H2,1H3,(H,27,30)/t16-,23-/m1/s1. The number of hydrogen-bond donors (Lipinski definition) is 1. The van der Waals surface area contributed by atoms with Crippen molar-refractivity contribution >= 4 is 40.5 Å². The molecule has 2 aromatic rings. The van der Waals surface area contributed by atoms with Gasteiger partial charge < -0.3 is 5.32 Å². The fourth-order valence-corrected chi connectivity index (χ4v) is 4.85. The van der Waals surface area contributed by atoms with Crippen molar-refractivity contribution in [2.24, 2.45) is 11.0 Å². The predicted molar refractivity (Wildman–Crippen MR) is 124 cm³/mol. The summed E-state index contributed by atoms with van der Waals surface area (Å²) >= 11 is 12.6. The van der Waals surface area contributed by atoms with Crippen LogP contribution in [-0.4, -0.2) is 17.7 Å². The molecule has 30 heavy (non-hydrogen) atoms. The van der Waals surface area contributed by atoms with E-state index < -0.39 is 0 Å². The summed E-state index contributed by atoms with van der Waals surface area (Å²) in [4.78, 5) is 13.2. The van der Waals surface area contributed by atoms with Gasteiger partial charge in [-0.25, -0.2) is 0 Å². The van der Waals surface area contributed by atoms with Gasteiger partial charge in [0.15, 0.2) is 0 Å². The average molecular weight is 444 g/mol. The van der Waals surface area contributed by atoms with Crippen molar-refractivity contribution in [3.63, 3.8) is 0 Å². The lowest BCUT2D eigenvalue weighted by atomic mass is 9.90. The Kier molecular flexibility index (Phi) is 6.64. The highest BCUT2D eigenvalue weighted by Crippen LogP contribution is 2.41. The molecule has 0 saturated heterocycles. The van der Waals surface area contributed by atoms with E-state index in [0.717, 1.165) is 24.1 Å². The zero-order valence-electron chi connectivity index (χ0n) is 17.2. The summed E-state index contributed by atoms with van der Waals surface area (Å²) in [7, 11) is 0. The maximum atomic E-state index is 13.2. The van der Waals surface area contributed by atoms with E-state index in [1.807, 2.05) is 53.5 Å². The molecule has 0 spiro atoms. The van der Waals surface area contributed by atoms with E-state index in [9.17, 15) is 4.79 Å².